The molecule has 3 aromatic carbocycles. The monoisotopic (exact) mass is 453 g/mol. The second kappa shape index (κ2) is 10.7. The lowest BCUT2D eigenvalue weighted by molar-refractivity contribution is 0.304. The molecule has 2 N–H and O–H groups in total. The van der Waals surface area contributed by atoms with Crippen LogP contribution in [0.25, 0.3) is 0 Å². The van der Waals surface area contributed by atoms with Crippen LogP contribution >= 0.6 is 27.7 Å². The summed E-state index contributed by atoms with van der Waals surface area (Å²) < 4.78 is 6.80. The van der Waals surface area contributed by atoms with Crippen molar-refractivity contribution >= 4 is 39.1 Å². The van der Waals surface area contributed by atoms with Crippen LogP contribution in [0.1, 0.15) is 16.7 Å². The molecule has 0 unspecified atom stereocenters. The number of halogens is 1. The third-order valence-electron chi connectivity index (χ3n) is 3.79. The molecule has 6 heteroatoms. The second-order valence-corrected chi connectivity index (χ2v) is 7.77. The summed E-state index contributed by atoms with van der Waals surface area (Å²) in [7, 11) is 0. The van der Waals surface area contributed by atoms with Gasteiger partial charge in [0.1, 0.15) is 12.4 Å². The molecule has 0 atom stereocenters. The summed E-state index contributed by atoms with van der Waals surface area (Å²) in [5.74, 6) is 1.52. The molecular weight excluding hydrogens is 434 g/mol. The Kier molecular flexibility index (Phi) is 7.70. The summed E-state index contributed by atoms with van der Waals surface area (Å²) in [6.07, 6.45) is 1.66. The van der Waals surface area contributed by atoms with Crippen molar-refractivity contribution in [2.24, 2.45) is 15.9 Å². The fraction of sp³-hybridized carbons (Fsp3) is 0.0909. The summed E-state index contributed by atoms with van der Waals surface area (Å²) in [4.78, 5) is 0. The van der Waals surface area contributed by atoms with Gasteiger partial charge in [0.2, 0.25) is 0 Å². The highest BCUT2D eigenvalue weighted by molar-refractivity contribution is 9.10. The maximum Gasteiger partial charge on any atom is 0.180 e. The number of rotatable bonds is 7. The van der Waals surface area contributed by atoms with Crippen molar-refractivity contribution < 1.29 is 4.74 Å². The number of benzene rings is 3. The van der Waals surface area contributed by atoms with E-state index in [1.165, 1.54) is 17.3 Å². The molecule has 28 heavy (non-hydrogen) atoms. The van der Waals surface area contributed by atoms with Gasteiger partial charge in [0.25, 0.3) is 0 Å². The van der Waals surface area contributed by atoms with E-state index in [1.54, 1.807) is 6.21 Å². The largest absolute Gasteiger partial charge is 0.488 e. The average Bonchev–Trinajstić information content (AvgIpc) is 2.74. The van der Waals surface area contributed by atoms with Crippen LogP contribution in [0, 0.1) is 0 Å². The highest BCUT2D eigenvalue weighted by atomic mass is 79.9. The smallest absolute Gasteiger partial charge is 0.180 e. The van der Waals surface area contributed by atoms with Gasteiger partial charge in [-0.05, 0) is 44.8 Å². The molecule has 0 spiro atoms. The summed E-state index contributed by atoms with van der Waals surface area (Å²) in [5, 5.41) is 8.57. The normalized spacial score (nSPS) is 11.7. The topological polar surface area (TPSA) is 60.0 Å². The molecule has 0 heterocycles. The first-order valence-electron chi connectivity index (χ1n) is 8.70. The number of amidine groups is 1. The van der Waals surface area contributed by atoms with Crippen LogP contribution in [0.15, 0.2) is 93.5 Å². The van der Waals surface area contributed by atoms with Gasteiger partial charge in [0, 0.05) is 5.75 Å². The Bertz CT molecular complexity index is 947. The zero-order valence-electron chi connectivity index (χ0n) is 15.2. The standard InChI is InChI=1S/C22H20BrN3OS/c23-20-12-11-19(13-21(20)27-15-17-7-3-1-4-8-17)14-25-26-22(24)28-16-18-9-5-2-6-10-18/h1-14H,15-16H2,(H2,24,26). The van der Waals surface area contributed by atoms with Crippen LogP contribution < -0.4 is 10.5 Å². The van der Waals surface area contributed by atoms with E-state index in [2.05, 4.69) is 38.3 Å². The summed E-state index contributed by atoms with van der Waals surface area (Å²) >= 11 is 4.98. The van der Waals surface area contributed by atoms with Gasteiger partial charge in [-0.3, -0.25) is 0 Å². The second-order valence-electron chi connectivity index (χ2n) is 5.92. The van der Waals surface area contributed by atoms with E-state index < -0.39 is 0 Å². The van der Waals surface area contributed by atoms with Gasteiger partial charge in [0.05, 0.1) is 10.7 Å². The van der Waals surface area contributed by atoms with E-state index in [0.29, 0.717) is 11.8 Å². The maximum atomic E-state index is 5.92. The number of thioether (sulfide) groups is 1. The van der Waals surface area contributed by atoms with E-state index in [1.807, 2.05) is 66.7 Å². The first-order valence-corrected chi connectivity index (χ1v) is 10.5. The lowest BCUT2D eigenvalue weighted by Gasteiger charge is -2.09. The fourth-order valence-electron chi connectivity index (χ4n) is 2.36. The molecule has 0 saturated heterocycles. The van der Waals surface area contributed by atoms with E-state index in [-0.39, 0.29) is 0 Å². The third-order valence-corrected chi connectivity index (χ3v) is 5.30. The average molecular weight is 454 g/mol. The number of ether oxygens (including phenoxy) is 1. The minimum Gasteiger partial charge on any atom is -0.488 e. The minimum absolute atomic E-state index is 0.428. The first kappa shape index (κ1) is 20.2. The highest BCUT2D eigenvalue weighted by Crippen LogP contribution is 2.26. The van der Waals surface area contributed by atoms with Gasteiger partial charge in [-0.25, -0.2) is 0 Å². The van der Waals surface area contributed by atoms with Crippen molar-refractivity contribution in [1.82, 2.24) is 0 Å². The molecule has 3 aromatic rings. The van der Waals surface area contributed by atoms with Gasteiger partial charge in [-0.15, -0.1) is 5.10 Å². The Morgan fingerprint density at radius 1 is 0.964 bits per heavy atom. The summed E-state index contributed by atoms with van der Waals surface area (Å²) in [6.45, 7) is 0.501. The predicted molar refractivity (Wildman–Crippen MR) is 122 cm³/mol. The van der Waals surface area contributed by atoms with Gasteiger partial charge in [-0.1, -0.05) is 78.5 Å². The molecule has 4 nitrogen and oxygen atoms in total. The van der Waals surface area contributed by atoms with Crippen molar-refractivity contribution in [1.29, 1.82) is 0 Å². The van der Waals surface area contributed by atoms with Crippen molar-refractivity contribution in [2.75, 3.05) is 0 Å². The molecule has 0 aromatic heterocycles. The Balaban J connectivity index is 1.57. The van der Waals surface area contributed by atoms with Crippen molar-refractivity contribution in [2.45, 2.75) is 12.4 Å². The molecular formula is C22H20BrN3OS. The molecule has 0 saturated carbocycles. The van der Waals surface area contributed by atoms with Crippen LogP contribution in [0.5, 0.6) is 5.75 Å². The lowest BCUT2D eigenvalue weighted by atomic mass is 10.2. The van der Waals surface area contributed by atoms with Crippen LogP contribution in [-0.4, -0.2) is 11.4 Å². The van der Waals surface area contributed by atoms with Crippen LogP contribution in [0.3, 0.4) is 0 Å². The molecule has 0 aliphatic rings. The van der Waals surface area contributed by atoms with Gasteiger partial charge >= 0.3 is 0 Å². The Hall–Kier alpha value is -2.57. The number of nitrogens with two attached hydrogens (primary N) is 1. The molecule has 0 aliphatic heterocycles. The zero-order valence-corrected chi connectivity index (χ0v) is 17.6. The quantitative estimate of drug-likeness (QED) is 0.287. The molecule has 142 valence electrons. The predicted octanol–water partition coefficient (Wildman–Crippen LogP) is 5.61. The Morgan fingerprint density at radius 2 is 1.64 bits per heavy atom. The highest BCUT2D eigenvalue weighted by Gasteiger charge is 2.03. The summed E-state index contributed by atoms with van der Waals surface area (Å²) in [6, 6.07) is 25.9. The minimum atomic E-state index is 0.428. The third kappa shape index (κ3) is 6.55. The SMILES string of the molecule is NC(=NN=Cc1ccc(Br)c(OCc2ccccc2)c1)SCc1ccccc1. The number of hydrogen-bond acceptors (Lipinski definition) is 4. The Morgan fingerprint density at radius 3 is 2.36 bits per heavy atom. The molecule has 0 aliphatic carbocycles. The van der Waals surface area contributed by atoms with Crippen LogP contribution in [-0.2, 0) is 12.4 Å². The van der Waals surface area contributed by atoms with Gasteiger partial charge < -0.3 is 10.5 Å². The van der Waals surface area contributed by atoms with E-state index >= 15 is 0 Å². The van der Waals surface area contributed by atoms with Gasteiger partial charge in [-0.2, -0.15) is 5.10 Å². The molecule has 0 bridgehead atoms. The Labute approximate surface area is 177 Å². The van der Waals surface area contributed by atoms with Crippen molar-refractivity contribution in [3.63, 3.8) is 0 Å². The molecule has 0 radical (unpaired) electrons. The van der Waals surface area contributed by atoms with E-state index in [4.69, 9.17) is 10.5 Å². The van der Waals surface area contributed by atoms with Gasteiger partial charge in [0.15, 0.2) is 5.17 Å². The summed E-state index contributed by atoms with van der Waals surface area (Å²) in [5.41, 5.74) is 9.11. The molecule has 0 amide bonds. The molecule has 3 rings (SSSR count). The number of hydrogen-bond donors (Lipinski definition) is 1. The number of nitrogens with zero attached hydrogens (tertiary/aromatic N) is 2. The zero-order chi connectivity index (χ0) is 19.6. The maximum absolute atomic E-state index is 5.92. The van der Waals surface area contributed by atoms with Crippen molar-refractivity contribution in [3.05, 3.63) is 100 Å². The molecule has 0 fully saturated rings. The fourth-order valence-corrected chi connectivity index (χ4v) is 3.33. The lowest BCUT2D eigenvalue weighted by Crippen LogP contribution is -2.06. The van der Waals surface area contributed by atoms with Crippen LogP contribution in [0.2, 0.25) is 0 Å². The van der Waals surface area contributed by atoms with Crippen molar-refractivity contribution in [3.8, 4) is 5.75 Å². The van der Waals surface area contributed by atoms with E-state index in [9.17, 15) is 0 Å². The first-order chi connectivity index (χ1) is 13.7. The van der Waals surface area contributed by atoms with Crippen LogP contribution in [0.4, 0.5) is 0 Å². The van der Waals surface area contributed by atoms with E-state index in [0.717, 1.165) is 27.1 Å².